The maximum absolute atomic E-state index is 14.6. The first-order chi connectivity index (χ1) is 14.0. The van der Waals surface area contributed by atoms with E-state index in [-0.39, 0.29) is 29.8 Å². The smallest absolute Gasteiger partial charge is 0.191 e. The average molecular weight is 548 g/mol. The minimum absolute atomic E-state index is 0. The highest BCUT2D eigenvalue weighted by atomic mass is 127. The minimum Gasteiger partial charge on any atom is -0.384 e. The van der Waals surface area contributed by atoms with Crippen molar-refractivity contribution in [3.05, 3.63) is 52.0 Å². The van der Waals surface area contributed by atoms with Gasteiger partial charge in [0.15, 0.2) is 5.96 Å². The first kappa shape index (κ1) is 24.8. The van der Waals surface area contributed by atoms with Gasteiger partial charge in [-0.3, -0.25) is 0 Å². The number of benzene rings is 1. The van der Waals surface area contributed by atoms with Gasteiger partial charge in [0.25, 0.3) is 0 Å². The van der Waals surface area contributed by atoms with Crippen molar-refractivity contribution in [1.82, 2.24) is 10.6 Å². The van der Waals surface area contributed by atoms with Crippen molar-refractivity contribution in [1.29, 1.82) is 0 Å². The molecular formula is C21H30FIN4O2S. The average Bonchev–Trinajstić information content (AvgIpc) is 3.27. The summed E-state index contributed by atoms with van der Waals surface area (Å²) >= 11 is 1.55. The van der Waals surface area contributed by atoms with E-state index in [9.17, 15) is 9.50 Å². The Balaban J connectivity index is 0.00000320. The minimum atomic E-state index is -0.998. The Morgan fingerprint density at radius 2 is 2.07 bits per heavy atom. The number of thiophene rings is 1. The van der Waals surface area contributed by atoms with E-state index in [0.717, 1.165) is 11.1 Å². The fourth-order valence-corrected chi connectivity index (χ4v) is 3.93. The maximum atomic E-state index is 14.6. The monoisotopic (exact) mass is 548 g/mol. The first-order valence-electron chi connectivity index (χ1n) is 9.88. The summed E-state index contributed by atoms with van der Waals surface area (Å²) in [5.41, 5.74) is 1.27. The molecule has 2 aromatic rings. The summed E-state index contributed by atoms with van der Waals surface area (Å²) in [5, 5.41) is 20.9. The summed E-state index contributed by atoms with van der Waals surface area (Å²) in [6, 6.07) is 7.17. The lowest BCUT2D eigenvalue weighted by molar-refractivity contribution is 0.0621. The molecule has 1 aliphatic rings. The van der Waals surface area contributed by atoms with Crippen LogP contribution in [0.5, 0.6) is 0 Å². The largest absolute Gasteiger partial charge is 0.384 e. The molecule has 1 saturated heterocycles. The van der Waals surface area contributed by atoms with Crippen molar-refractivity contribution in [2.24, 2.45) is 4.99 Å². The van der Waals surface area contributed by atoms with Gasteiger partial charge in [0.05, 0.1) is 32.0 Å². The standard InChI is InChI=1S/C21H29FN4O2S.HI/c1-3-23-20(25-15-21(2,27)17-6-11-29-14-17)24-13-16-4-5-19(18(22)12-16)26-7-9-28-10-8-26;/h4-6,11-12,14,27H,3,7-10,13,15H2,1-2H3,(H2,23,24,25);1H. The molecule has 166 valence electrons. The molecule has 1 fully saturated rings. The number of rotatable bonds is 7. The third-order valence-corrected chi connectivity index (χ3v) is 5.55. The number of aliphatic hydroxyl groups is 1. The van der Waals surface area contributed by atoms with Crippen LogP contribution in [0.25, 0.3) is 0 Å². The molecular weight excluding hydrogens is 518 g/mol. The van der Waals surface area contributed by atoms with Crippen LogP contribution in [0.15, 0.2) is 40.0 Å². The third-order valence-electron chi connectivity index (χ3n) is 4.87. The second-order valence-electron chi connectivity index (χ2n) is 7.22. The van der Waals surface area contributed by atoms with Gasteiger partial charge >= 0.3 is 0 Å². The van der Waals surface area contributed by atoms with Gasteiger partial charge < -0.3 is 25.4 Å². The fourth-order valence-electron chi connectivity index (χ4n) is 3.15. The van der Waals surface area contributed by atoms with Crippen LogP contribution in [0.4, 0.5) is 10.1 Å². The molecule has 2 heterocycles. The molecule has 0 amide bonds. The van der Waals surface area contributed by atoms with Gasteiger partial charge in [-0.15, -0.1) is 24.0 Å². The highest BCUT2D eigenvalue weighted by molar-refractivity contribution is 14.0. The van der Waals surface area contributed by atoms with Crippen LogP contribution in [-0.4, -0.2) is 50.5 Å². The fraction of sp³-hybridized carbons (Fsp3) is 0.476. The molecule has 3 N–H and O–H groups in total. The molecule has 0 spiro atoms. The van der Waals surface area contributed by atoms with Crippen LogP contribution in [0.2, 0.25) is 0 Å². The molecule has 0 aliphatic carbocycles. The summed E-state index contributed by atoms with van der Waals surface area (Å²) in [6.07, 6.45) is 0. The van der Waals surface area contributed by atoms with E-state index in [1.54, 1.807) is 24.3 Å². The third kappa shape index (κ3) is 6.79. The van der Waals surface area contributed by atoms with Crippen LogP contribution in [0.3, 0.4) is 0 Å². The molecule has 0 bridgehead atoms. The number of anilines is 1. The molecule has 1 atom stereocenters. The lowest BCUT2D eigenvalue weighted by Crippen LogP contribution is -2.44. The molecule has 9 heteroatoms. The van der Waals surface area contributed by atoms with Crippen LogP contribution in [0.1, 0.15) is 25.0 Å². The van der Waals surface area contributed by atoms with Gasteiger partial charge in [0.1, 0.15) is 11.4 Å². The van der Waals surface area contributed by atoms with Crippen molar-refractivity contribution >= 4 is 47.0 Å². The van der Waals surface area contributed by atoms with E-state index >= 15 is 0 Å². The number of hydrogen-bond donors (Lipinski definition) is 3. The Hall–Kier alpha value is -1.43. The summed E-state index contributed by atoms with van der Waals surface area (Å²) in [7, 11) is 0. The zero-order valence-corrected chi connectivity index (χ0v) is 20.5. The van der Waals surface area contributed by atoms with Crippen molar-refractivity contribution in [2.45, 2.75) is 26.0 Å². The predicted molar refractivity (Wildman–Crippen MR) is 132 cm³/mol. The summed E-state index contributed by atoms with van der Waals surface area (Å²) in [5.74, 6) is 0.346. The van der Waals surface area contributed by atoms with E-state index in [1.165, 1.54) is 0 Å². The molecule has 30 heavy (non-hydrogen) atoms. The lowest BCUT2D eigenvalue weighted by Gasteiger charge is -2.29. The molecule has 1 aliphatic heterocycles. The van der Waals surface area contributed by atoms with Crippen molar-refractivity contribution in [2.75, 3.05) is 44.3 Å². The SMILES string of the molecule is CCNC(=NCc1ccc(N2CCOCC2)c(F)c1)NCC(C)(O)c1ccsc1.I. The summed E-state index contributed by atoms with van der Waals surface area (Å²) < 4.78 is 19.9. The van der Waals surface area contributed by atoms with Crippen molar-refractivity contribution in [3.63, 3.8) is 0 Å². The second-order valence-corrected chi connectivity index (χ2v) is 8.00. The Morgan fingerprint density at radius 1 is 1.30 bits per heavy atom. The highest BCUT2D eigenvalue weighted by Gasteiger charge is 2.23. The molecule has 3 rings (SSSR count). The predicted octanol–water partition coefficient (Wildman–Crippen LogP) is 3.30. The molecule has 6 nitrogen and oxygen atoms in total. The van der Waals surface area contributed by atoms with Gasteiger partial charge in [-0.1, -0.05) is 6.07 Å². The topological polar surface area (TPSA) is 69.1 Å². The van der Waals surface area contributed by atoms with Crippen molar-refractivity contribution in [3.8, 4) is 0 Å². The Bertz CT molecular complexity index is 811. The highest BCUT2D eigenvalue weighted by Crippen LogP contribution is 2.23. The van der Waals surface area contributed by atoms with Gasteiger partial charge in [0.2, 0.25) is 0 Å². The summed E-state index contributed by atoms with van der Waals surface area (Å²) in [6.45, 7) is 7.75. The van der Waals surface area contributed by atoms with E-state index in [0.29, 0.717) is 57.6 Å². The lowest BCUT2D eigenvalue weighted by atomic mass is 9.99. The molecule has 0 saturated carbocycles. The number of morpholine rings is 1. The van der Waals surface area contributed by atoms with Crippen LogP contribution in [0, 0.1) is 5.82 Å². The van der Waals surface area contributed by atoms with E-state index in [2.05, 4.69) is 15.6 Å². The van der Waals surface area contributed by atoms with Gasteiger partial charge in [-0.05, 0) is 53.9 Å². The number of guanidine groups is 1. The van der Waals surface area contributed by atoms with E-state index < -0.39 is 5.60 Å². The Labute approximate surface area is 198 Å². The van der Waals surface area contributed by atoms with Crippen LogP contribution >= 0.6 is 35.3 Å². The van der Waals surface area contributed by atoms with Crippen LogP contribution < -0.4 is 15.5 Å². The number of nitrogens with zero attached hydrogens (tertiary/aromatic N) is 2. The molecule has 0 radical (unpaired) electrons. The first-order valence-corrected chi connectivity index (χ1v) is 10.8. The Kier molecular flexibility index (Phi) is 9.79. The van der Waals surface area contributed by atoms with Gasteiger partial charge in [-0.25, -0.2) is 9.38 Å². The van der Waals surface area contributed by atoms with Gasteiger partial charge in [-0.2, -0.15) is 11.3 Å². The van der Waals surface area contributed by atoms with E-state index in [4.69, 9.17) is 4.74 Å². The quantitative estimate of drug-likeness (QED) is 0.282. The molecule has 1 aromatic heterocycles. The van der Waals surface area contributed by atoms with Gasteiger partial charge in [0, 0.05) is 19.6 Å². The number of halogens is 2. The van der Waals surface area contributed by atoms with Crippen LogP contribution in [-0.2, 0) is 16.9 Å². The second kappa shape index (κ2) is 11.8. The maximum Gasteiger partial charge on any atom is 0.191 e. The molecule has 1 unspecified atom stereocenters. The number of aliphatic imine (C=N–C) groups is 1. The molecule has 1 aromatic carbocycles. The summed E-state index contributed by atoms with van der Waals surface area (Å²) in [4.78, 5) is 6.54. The number of hydrogen-bond acceptors (Lipinski definition) is 5. The van der Waals surface area contributed by atoms with E-state index in [1.807, 2.05) is 40.8 Å². The number of nitrogens with one attached hydrogen (secondary N) is 2. The zero-order valence-electron chi connectivity index (χ0n) is 17.4. The Morgan fingerprint density at radius 3 is 2.70 bits per heavy atom. The normalized spacial score (nSPS) is 16.5. The number of ether oxygens (including phenoxy) is 1. The zero-order chi connectivity index (χ0) is 20.7. The van der Waals surface area contributed by atoms with Crippen molar-refractivity contribution < 1.29 is 14.2 Å².